The summed E-state index contributed by atoms with van der Waals surface area (Å²) >= 11 is 0. The quantitative estimate of drug-likeness (QED) is 0.755. The van der Waals surface area contributed by atoms with Crippen molar-refractivity contribution >= 4 is 16.7 Å². The van der Waals surface area contributed by atoms with Gasteiger partial charge in [-0.25, -0.2) is 0 Å². The van der Waals surface area contributed by atoms with E-state index in [9.17, 15) is 4.79 Å². The molecule has 15 heavy (non-hydrogen) atoms. The van der Waals surface area contributed by atoms with Gasteiger partial charge in [-0.15, -0.1) is 0 Å². The lowest BCUT2D eigenvalue weighted by molar-refractivity contribution is 0.1000. The van der Waals surface area contributed by atoms with E-state index in [1.54, 1.807) is 12.1 Å². The summed E-state index contributed by atoms with van der Waals surface area (Å²) < 4.78 is 0. The zero-order chi connectivity index (χ0) is 10.8. The standard InChI is InChI=1S/C12H8N2O/c13-7-10-5-8-3-1-2-4-9(8)6-11(10)12(14)15/h1-6H,(H2,14,15). The molecule has 0 aliphatic rings. The van der Waals surface area contributed by atoms with Gasteiger partial charge in [0, 0.05) is 0 Å². The predicted molar refractivity (Wildman–Crippen MR) is 57.2 cm³/mol. The molecule has 0 atom stereocenters. The molecule has 0 radical (unpaired) electrons. The van der Waals surface area contributed by atoms with Gasteiger partial charge >= 0.3 is 0 Å². The topological polar surface area (TPSA) is 66.9 Å². The molecule has 2 rings (SSSR count). The molecule has 72 valence electrons. The van der Waals surface area contributed by atoms with Crippen molar-refractivity contribution in [2.75, 3.05) is 0 Å². The van der Waals surface area contributed by atoms with Crippen LogP contribution in [0.4, 0.5) is 0 Å². The molecule has 0 aromatic heterocycles. The molecule has 0 aliphatic carbocycles. The lowest BCUT2D eigenvalue weighted by atomic mass is 10.0. The van der Waals surface area contributed by atoms with E-state index in [-0.39, 0.29) is 5.56 Å². The maximum Gasteiger partial charge on any atom is 0.250 e. The summed E-state index contributed by atoms with van der Waals surface area (Å²) in [6.07, 6.45) is 0. The molecule has 1 amide bonds. The summed E-state index contributed by atoms with van der Waals surface area (Å²) in [4.78, 5) is 11.1. The molecule has 0 fully saturated rings. The van der Waals surface area contributed by atoms with Gasteiger partial charge in [-0.1, -0.05) is 24.3 Å². The van der Waals surface area contributed by atoms with Crippen molar-refractivity contribution < 1.29 is 4.79 Å². The van der Waals surface area contributed by atoms with E-state index in [0.717, 1.165) is 10.8 Å². The van der Waals surface area contributed by atoms with Gasteiger partial charge in [-0.3, -0.25) is 4.79 Å². The third-order valence-electron chi connectivity index (χ3n) is 2.27. The van der Waals surface area contributed by atoms with Gasteiger partial charge in [0.2, 0.25) is 5.91 Å². The van der Waals surface area contributed by atoms with Crippen molar-refractivity contribution in [3.8, 4) is 6.07 Å². The molecular weight excluding hydrogens is 188 g/mol. The number of amides is 1. The third kappa shape index (κ3) is 1.53. The van der Waals surface area contributed by atoms with Gasteiger partial charge in [0.05, 0.1) is 17.2 Å². The van der Waals surface area contributed by atoms with Crippen molar-refractivity contribution in [1.82, 2.24) is 0 Å². The maximum absolute atomic E-state index is 11.1. The first-order valence-corrected chi connectivity index (χ1v) is 4.45. The number of carbonyl (C=O) groups excluding carboxylic acids is 1. The van der Waals surface area contributed by atoms with Gasteiger partial charge in [-0.05, 0) is 22.9 Å². The molecule has 2 N–H and O–H groups in total. The van der Waals surface area contributed by atoms with Gasteiger partial charge in [-0.2, -0.15) is 5.26 Å². The molecular formula is C12H8N2O. The summed E-state index contributed by atoms with van der Waals surface area (Å²) in [5.41, 5.74) is 5.79. The Kier molecular flexibility index (Phi) is 2.11. The highest BCUT2D eigenvalue weighted by atomic mass is 16.1. The van der Waals surface area contributed by atoms with Crippen molar-refractivity contribution in [2.24, 2.45) is 5.73 Å². The number of rotatable bonds is 1. The molecule has 0 aliphatic heterocycles. The molecule has 0 bridgehead atoms. The van der Waals surface area contributed by atoms with E-state index in [4.69, 9.17) is 11.0 Å². The first kappa shape index (κ1) is 9.22. The molecule has 0 saturated carbocycles. The largest absolute Gasteiger partial charge is 0.366 e. The van der Waals surface area contributed by atoms with Crippen LogP contribution in [0.3, 0.4) is 0 Å². The second kappa shape index (κ2) is 3.43. The molecule has 2 aromatic carbocycles. The smallest absolute Gasteiger partial charge is 0.250 e. The van der Waals surface area contributed by atoms with Crippen LogP contribution < -0.4 is 5.73 Å². The fourth-order valence-electron chi connectivity index (χ4n) is 1.54. The number of benzene rings is 2. The number of primary amides is 1. The van der Waals surface area contributed by atoms with E-state index in [2.05, 4.69) is 0 Å². The Morgan fingerprint density at radius 3 is 2.33 bits per heavy atom. The van der Waals surface area contributed by atoms with Crippen molar-refractivity contribution in [3.63, 3.8) is 0 Å². The average Bonchev–Trinajstić information content (AvgIpc) is 2.27. The van der Waals surface area contributed by atoms with E-state index in [1.807, 2.05) is 30.3 Å². The minimum atomic E-state index is -0.572. The van der Waals surface area contributed by atoms with E-state index in [1.165, 1.54) is 0 Å². The molecule has 0 unspecified atom stereocenters. The maximum atomic E-state index is 11.1. The molecule has 0 heterocycles. The molecule has 2 aromatic rings. The number of fused-ring (bicyclic) bond motifs is 1. The highest BCUT2D eigenvalue weighted by Gasteiger charge is 2.08. The Bertz CT molecular complexity index is 582. The summed E-state index contributed by atoms with van der Waals surface area (Å²) in [6.45, 7) is 0. The molecule has 0 saturated heterocycles. The van der Waals surface area contributed by atoms with Gasteiger partial charge in [0.25, 0.3) is 0 Å². The lowest BCUT2D eigenvalue weighted by Gasteiger charge is -2.02. The minimum Gasteiger partial charge on any atom is -0.366 e. The summed E-state index contributed by atoms with van der Waals surface area (Å²) in [5.74, 6) is -0.572. The van der Waals surface area contributed by atoms with E-state index >= 15 is 0 Å². The zero-order valence-corrected chi connectivity index (χ0v) is 7.90. The normalized spacial score (nSPS) is 9.80. The minimum absolute atomic E-state index is 0.274. The van der Waals surface area contributed by atoms with Crippen LogP contribution in [0.15, 0.2) is 36.4 Å². The lowest BCUT2D eigenvalue weighted by Crippen LogP contribution is -2.12. The summed E-state index contributed by atoms with van der Waals surface area (Å²) in [5, 5.41) is 10.7. The van der Waals surface area contributed by atoms with Gasteiger partial charge in [0.1, 0.15) is 0 Å². The highest BCUT2D eigenvalue weighted by molar-refractivity contribution is 6.00. The molecule has 0 spiro atoms. The van der Waals surface area contributed by atoms with Crippen molar-refractivity contribution in [2.45, 2.75) is 0 Å². The number of nitrogens with zero attached hydrogens (tertiary/aromatic N) is 1. The van der Waals surface area contributed by atoms with Crippen LogP contribution in [0.5, 0.6) is 0 Å². The summed E-state index contributed by atoms with van der Waals surface area (Å²) in [6, 6.07) is 12.8. The van der Waals surface area contributed by atoms with Crippen LogP contribution >= 0.6 is 0 Å². The van der Waals surface area contributed by atoms with Crippen molar-refractivity contribution in [3.05, 3.63) is 47.5 Å². The van der Waals surface area contributed by atoms with Crippen LogP contribution in [-0.2, 0) is 0 Å². The van der Waals surface area contributed by atoms with E-state index < -0.39 is 5.91 Å². The van der Waals surface area contributed by atoms with Crippen LogP contribution in [0, 0.1) is 11.3 Å². The van der Waals surface area contributed by atoms with Crippen LogP contribution in [0.25, 0.3) is 10.8 Å². The SMILES string of the molecule is N#Cc1cc2ccccc2cc1C(N)=O. The van der Waals surface area contributed by atoms with Crippen molar-refractivity contribution in [1.29, 1.82) is 5.26 Å². The highest BCUT2D eigenvalue weighted by Crippen LogP contribution is 2.19. The van der Waals surface area contributed by atoms with Crippen LogP contribution in [0.1, 0.15) is 15.9 Å². The summed E-state index contributed by atoms with van der Waals surface area (Å²) in [7, 11) is 0. The van der Waals surface area contributed by atoms with Crippen LogP contribution in [0.2, 0.25) is 0 Å². The molecule has 3 heteroatoms. The van der Waals surface area contributed by atoms with Crippen LogP contribution in [-0.4, -0.2) is 5.91 Å². The Hall–Kier alpha value is -2.34. The second-order valence-electron chi connectivity index (χ2n) is 3.22. The number of carbonyl (C=O) groups is 1. The Labute approximate surface area is 86.7 Å². The Balaban J connectivity index is 2.82. The monoisotopic (exact) mass is 196 g/mol. The fraction of sp³-hybridized carbons (Fsp3) is 0. The number of hydrogen-bond donors (Lipinski definition) is 1. The Morgan fingerprint density at radius 2 is 1.80 bits per heavy atom. The van der Waals surface area contributed by atoms with E-state index in [0.29, 0.717) is 5.56 Å². The number of nitriles is 1. The van der Waals surface area contributed by atoms with Gasteiger partial charge in [0.15, 0.2) is 0 Å². The van der Waals surface area contributed by atoms with Gasteiger partial charge < -0.3 is 5.73 Å². The Morgan fingerprint density at radius 1 is 1.20 bits per heavy atom. The predicted octanol–water partition coefficient (Wildman–Crippen LogP) is 1.81. The zero-order valence-electron chi connectivity index (χ0n) is 7.90. The molecule has 3 nitrogen and oxygen atoms in total. The second-order valence-corrected chi connectivity index (χ2v) is 3.22. The average molecular weight is 196 g/mol. The number of hydrogen-bond acceptors (Lipinski definition) is 2. The fourth-order valence-corrected chi connectivity index (χ4v) is 1.54. The first-order chi connectivity index (χ1) is 7.22. The number of nitrogens with two attached hydrogens (primary N) is 1. The first-order valence-electron chi connectivity index (χ1n) is 4.45. The third-order valence-corrected chi connectivity index (χ3v) is 2.27.